The Morgan fingerprint density at radius 2 is 0.600 bits per heavy atom. The average molecular weight is 988 g/mol. The van der Waals surface area contributed by atoms with Gasteiger partial charge in [0.15, 0.2) is 0 Å². The Kier molecular flexibility index (Phi) is 19.5. The average Bonchev–Trinajstić information content (AvgIpc) is 3.44. The quantitative estimate of drug-likeness (QED) is 0.0523. The maximum absolute atomic E-state index is 3.04. The van der Waals surface area contributed by atoms with E-state index in [0.29, 0.717) is 23.7 Å². The highest BCUT2D eigenvalue weighted by Crippen LogP contribution is 2.57. The molecule has 4 saturated carbocycles. The Hall–Kier alpha value is -3.02. The van der Waals surface area contributed by atoms with Crippen molar-refractivity contribution in [2.45, 2.75) is 230 Å². The van der Waals surface area contributed by atoms with E-state index in [9.17, 15) is 0 Å². The standard InChI is InChI=1S/C66H91NP2Si/c1-4-7-50-70(51-8-5-2,52-9-6-3)66-48-38-61(39-49-66)67(68(62-40-30-57(31-41-62)53-22-14-10-15-23-53)63-42-32-58(33-43-63)54-24-16-11-17-25-54)69(64-44-34-59(35-45-64)55-26-18-12-19-27-55)65-46-36-60(37-47-65)56-28-20-13-21-29-56/h30-49,53-56H,4-29,50-52H2,1-3H3. The Morgan fingerprint density at radius 3 is 0.843 bits per heavy atom. The van der Waals surface area contributed by atoms with Gasteiger partial charge in [0, 0.05) is 26.9 Å². The molecule has 0 heterocycles. The monoisotopic (exact) mass is 988 g/mol. The van der Waals surface area contributed by atoms with Crippen molar-refractivity contribution in [2.75, 3.05) is 4.44 Å². The highest BCUT2D eigenvalue weighted by Gasteiger charge is 2.36. The minimum absolute atomic E-state index is 0.701. The second-order valence-corrected chi connectivity index (χ2v) is 31.8. The second-order valence-electron chi connectivity index (χ2n) is 22.8. The van der Waals surface area contributed by atoms with Crippen molar-refractivity contribution in [3.8, 4) is 0 Å². The molecule has 4 aliphatic rings. The zero-order chi connectivity index (χ0) is 48.0. The first-order valence-electron chi connectivity index (χ1n) is 29.5. The number of rotatable bonds is 21. The molecular weight excluding hydrogens is 897 g/mol. The minimum Gasteiger partial charge on any atom is -0.313 e. The number of hydrogen-bond donors (Lipinski definition) is 0. The van der Waals surface area contributed by atoms with Crippen LogP contribution < -0.4 is 30.8 Å². The molecule has 5 aromatic rings. The van der Waals surface area contributed by atoms with E-state index in [0.717, 1.165) is 0 Å². The second kappa shape index (κ2) is 26.3. The lowest BCUT2D eigenvalue weighted by molar-refractivity contribution is 0.443. The summed E-state index contributed by atoms with van der Waals surface area (Å²) in [5, 5.41) is 7.69. The Morgan fingerprint density at radius 1 is 0.343 bits per heavy atom. The molecule has 9 rings (SSSR count). The van der Waals surface area contributed by atoms with Gasteiger partial charge < -0.3 is 4.44 Å². The van der Waals surface area contributed by atoms with Gasteiger partial charge in [-0.3, -0.25) is 0 Å². The third kappa shape index (κ3) is 12.8. The van der Waals surface area contributed by atoms with Gasteiger partial charge >= 0.3 is 0 Å². The first-order chi connectivity index (χ1) is 34.6. The van der Waals surface area contributed by atoms with Gasteiger partial charge in [-0.25, -0.2) is 0 Å². The largest absolute Gasteiger partial charge is 0.313 e. The van der Waals surface area contributed by atoms with Crippen LogP contribution in [0, 0.1) is 0 Å². The highest BCUT2D eigenvalue weighted by molar-refractivity contribution is 7.90. The fourth-order valence-electron chi connectivity index (χ4n) is 13.7. The molecule has 1 nitrogen and oxygen atoms in total. The molecule has 0 aliphatic heterocycles. The molecular formula is C66H91NP2Si. The molecule has 4 heteroatoms. The molecule has 4 aliphatic carbocycles. The SMILES string of the molecule is CCCC[Si](CCCC)(CCCC)c1ccc(N(P(c2ccc(C3CCCCC3)cc2)c2ccc(C3CCCCC3)cc2)P(c2ccc(C3CCCCC3)cc2)c2ccc(C3CCCCC3)cc2)cc1. The van der Waals surface area contributed by atoms with E-state index in [1.54, 1.807) is 27.4 Å². The van der Waals surface area contributed by atoms with Crippen LogP contribution in [-0.4, -0.2) is 8.07 Å². The van der Waals surface area contributed by atoms with Gasteiger partial charge in [-0.1, -0.05) is 269 Å². The maximum atomic E-state index is 3.04. The number of benzene rings is 5. The van der Waals surface area contributed by atoms with Gasteiger partial charge in [-0.05, 0) is 109 Å². The summed E-state index contributed by atoms with van der Waals surface area (Å²) in [4.78, 5) is 0. The van der Waals surface area contributed by atoms with Crippen LogP contribution in [0.15, 0.2) is 121 Å². The molecule has 0 unspecified atom stereocenters. The Bertz CT molecular complexity index is 1990. The summed E-state index contributed by atoms with van der Waals surface area (Å²) < 4.78 is 3.04. The summed E-state index contributed by atoms with van der Waals surface area (Å²) in [7, 11) is -3.64. The molecule has 0 amide bonds. The third-order valence-corrected chi connectivity index (χ3v) is 28.9. The fourth-order valence-corrected chi connectivity index (χ4v) is 25.1. The van der Waals surface area contributed by atoms with E-state index < -0.39 is 24.2 Å². The molecule has 0 bridgehead atoms. The third-order valence-electron chi connectivity index (χ3n) is 18.0. The molecule has 0 atom stereocenters. The molecule has 0 N–H and O–H groups in total. The summed E-state index contributed by atoms with van der Waals surface area (Å²) >= 11 is 0. The zero-order valence-electron chi connectivity index (χ0n) is 44.2. The van der Waals surface area contributed by atoms with Crippen molar-refractivity contribution in [1.82, 2.24) is 0 Å². The first-order valence-corrected chi connectivity index (χ1v) is 34.7. The van der Waals surface area contributed by atoms with Gasteiger partial charge in [0.25, 0.3) is 0 Å². The molecule has 5 aromatic carbocycles. The molecule has 0 radical (unpaired) electrons. The van der Waals surface area contributed by atoms with Crippen molar-refractivity contribution in [1.29, 1.82) is 0 Å². The smallest absolute Gasteiger partial charge is 0.0867 e. The fraction of sp³-hybridized carbons (Fsp3) is 0.545. The van der Waals surface area contributed by atoms with Crippen LogP contribution in [-0.2, 0) is 0 Å². The molecule has 0 spiro atoms. The van der Waals surface area contributed by atoms with Crippen LogP contribution in [0.5, 0.6) is 0 Å². The molecule has 374 valence electrons. The Balaban J connectivity index is 1.23. The minimum atomic E-state index is -1.70. The number of nitrogens with zero attached hydrogens (tertiary/aromatic N) is 1. The molecule has 4 fully saturated rings. The summed E-state index contributed by atoms with van der Waals surface area (Å²) in [5.41, 5.74) is 7.66. The van der Waals surface area contributed by atoms with E-state index >= 15 is 0 Å². The summed E-state index contributed by atoms with van der Waals surface area (Å²) in [6, 6.07) is 56.2. The van der Waals surface area contributed by atoms with E-state index in [2.05, 4.69) is 147 Å². The van der Waals surface area contributed by atoms with Gasteiger partial charge in [-0.2, -0.15) is 0 Å². The van der Waals surface area contributed by atoms with Gasteiger partial charge in [0.05, 0.1) is 24.2 Å². The Labute approximate surface area is 431 Å². The van der Waals surface area contributed by atoms with Crippen LogP contribution in [0.1, 0.15) is 234 Å². The van der Waals surface area contributed by atoms with Crippen LogP contribution in [0.2, 0.25) is 18.1 Å². The molecule has 0 aromatic heterocycles. The van der Waals surface area contributed by atoms with Crippen LogP contribution in [0.25, 0.3) is 0 Å². The summed E-state index contributed by atoms with van der Waals surface area (Å²) in [6.45, 7) is 7.24. The van der Waals surface area contributed by atoms with Crippen LogP contribution in [0.3, 0.4) is 0 Å². The van der Waals surface area contributed by atoms with Gasteiger partial charge in [-0.15, -0.1) is 0 Å². The van der Waals surface area contributed by atoms with E-state index in [1.165, 1.54) is 212 Å². The predicted molar refractivity (Wildman–Crippen MR) is 315 cm³/mol. The highest BCUT2D eigenvalue weighted by atomic mass is 31.2. The van der Waals surface area contributed by atoms with Crippen LogP contribution in [0.4, 0.5) is 5.69 Å². The van der Waals surface area contributed by atoms with Crippen molar-refractivity contribution in [2.24, 2.45) is 0 Å². The number of unbranched alkanes of at least 4 members (excludes halogenated alkanes) is 3. The van der Waals surface area contributed by atoms with Crippen molar-refractivity contribution >= 4 is 56.3 Å². The van der Waals surface area contributed by atoms with Crippen molar-refractivity contribution in [3.05, 3.63) is 144 Å². The van der Waals surface area contributed by atoms with Gasteiger partial charge in [0.1, 0.15) is 0 Å². The van der Waals surface area contributed by atoms with E-state index in [-0.39, 0.29) is 0 Å². The predicted octanol–water partition coefficient (Wildman–Crippen LogP) is 18.8. The summed E-state index contributed by atoms with van der Waals surface area (Å²) in [6.07, 6.45) is 35.3. The van der Waals surface area contributed by atoms with Crippen molar-refractivity contribution < 1.29 is 0 Å². The van der Waals surface area contributed by atoms with Gasteiger partial charge in [0.2, 0.25) is 0 Å². The normalized spacial score (nSPS) is 18.2. The number of anilines is 1. The van der Waals surface area contributed by atoms with Crippen molar-refractivity contribution in [3.63, 3.8) is 0 Å². The number of hydrogen-bond acceptors (Lipinski definition) is 1. The lowest BCUT2D eigenvalue weighted by Gasteiger charge is -2.41. The zero-order valence-corrected chi connectivity index (χ0v) is 47.0. The van der Waals surface area contributed by atoms with E-state index in [4.69, 9.17) is 0 Å². The lowest BCUT2D eigenvalue weighted by Crippen LogP contribution is -2.47. The molecule has 0 saturated heterocycles. The topological polar surface area (TPSA) is 3.24 Å². The van der Waals surface area contributed by atoms with E-state index in [1.807, 2.05) is 0 Å². The summed E-state index contributed by atoms with van der Waals surface area (Å²) in [5.74, 6) is 2.81. The maximum Gasteiger partial charge on any atom is 0.0867 e. The molecule has 70 heavy (non-hydrogen) atoms. The lowest BCUT2D eigenvalue weighted by atomic mass is 9.84. The first kappa shape index (κ1) is 51.9. The van der Waals surface area contributed by atoms with Crippen LogP contribution >= 0.6 is 16.1 Å².